The summed E-state index contributed by atoms with van der Waals surface area (Å²) >= 11 is 6.09. The molecule has 2 aromatic heterocycles. The van der Waals surface area contributed by atoms with Gasteiger partial charge in [-0.25, -0.2) is 9.97 Å². The number of nitrogens with zero attached hydrogens (tertiary/aromatic N) is 4. The summed E-state index contributed by atoms with van der Waals surface area (Å²) in [5.74, 6) is 2.26. The topological polar surface area (TPSA) is 76.7 Å². The van der Waals surface area contributed by atoms with Gasteiger partial charge in [-0.15, -0.1) is 0 Å². The van der Waals surface area contributed by atoms with Crippen molar-refractivity contribution in [3.05, 3.63) is 28.8 Å². The van der Waals surface area contributed by atoms with Crippen LogP contribution in [0.2, 0.25) is 5.15 Å². The van der Waals surface area contributed by atoms with Gasteiger partial charge in [0.15, 0.2) is 5.82 Å². The van der Waals surface area contributed by atoms with Crippen molar-refractivity contribution >= 4 is 17.4 Å². The van der Waals surface area contributed by atoms with E-state index in [2.05, 4.69) is 39.3 Å². The molecular weight excluding hydrogens is 266 g/mol. The van der Waals surface area contributed by atoms with Gasteiger partial charge in [0.25, 0.3) is 0 Å². The van der Waals surface area contributed by atoms with Crippen LogP contribution in [0.15, 0.2) is 10.9 Å². The van der Waals surface area contributed by atoms with E-state index in [1.807, 2.05) is 0 Å². The van der Waals surface area contributed by atoms with E-state index in [1.165, 1.54) is 6.33 Å². The van der Waals surface area contributed by atoms with Gasteiger partial charge >= 0.3 is 0 Å². The normalized spacial score (nSPS) is 11.0. The van der Waals surface area contributed by atoms with E-state index < -0.39 is 0 Å². The van der Waals surface area contributed by atoms with Crippen LogP contribution in [0.1, 0.15) is 37.0 Å². The first-order chi connectivity index (χ1) is 9.08. The second kappa shape index (κ2) is 5.97. The molecule has 19 heavy (non-hydrogen) atoms. The molecule has 0 bridgehead atoms. The van der Waals surface area contributed by atoms with Crippen LogP contribution < -0.4 is 5.32 Å². The Kier molecular flexibility index (Phi) is 4.31. The van der Waals surface area contributed by atoms with Crippen LogP contribution in [0.5, 0.6) is 0 Å². The van der Waals surface area contributed by atoms with E-state index in [0.717, 1.165) is 11.4 Å². The lowest BCUT2D eigenvalue weighted by atomic mass is 10.1. The number of rotatable bonds is 5. The van der Waals surface area contributed by atoms with Crippen LogP contribution in [0.25, 0.3) is 0 Å². The van der Waals surface area contributed by atoms with Crippen molar-refractivity contribution in [1.29, 1.82) is 0 Å². The van der Waals surface area contributed by atoms with Crippen molar-refractivity contribution in [1.82, 2.24) is 20.1 Å². The number of anilines is 1. The summed E-state index contributed by atoms with van der Waals surface area (Å²) < 4.78 is 4.91. The highest BCUT2D eigenvalue weighted by Gasteiger charge is 2.13. The molecule has 2 rings (SSSR count). The number of aromatic nitrogens is 4. The van der Waals surface area contributed by atoms with Gasteiger partial charge in [-0.3, -0.25) is 0 Å². The molecule has 102 valence electrons. The molecule has 2 aromatic rings. The van der Waals surface area contributed by atoms with Crippen LogP contribution in [0.3, 0.4) is 0 Å². The molecule has 7 heteroatoms. The molecule has 6 nitrogen and oxygen atoms in total. The van der Waals surface area contributed by atoms with Gasteiger partial charge in [0.2, 0.25) is 5.89 Å². The van der Waals surface area contributed by atoms with Crippen molar-refractivity contribution in [3.8, 4) is 0 Å². The third kappa shape index (κ3) is 3.41. The molecule has 2 heterocycles. The average Bonchev–Trinajstić information content (AvgIpc) is 2.74. The maximum atomic E-state index is 6.09. The van der Waals surface area contributed by atoms with Crippen molar-refractivity contribution in [3.63, 3.8) is 0 Å². The molecule has 0 fully saturated rings. The number of hydrogen-bond donors (Lipinski definition) is 1. The van der Waals surface area contributed by atoms with E-state index in [0.29, 0.717) is 29.8 Å². The Labute approximate surface area is 116 Å². The van der Waals surface area contributed by atoms with E-state index in [9.17, 15) is 0 Å². The van der Waals surface area contributed by atoms with E-state index in [4.69, 9.17) is 16.1 Å². The number of nitrogens with one attached hydrogen (secondary N) is 1. The van der Waals surface area contributed by atoms with Crippen molar-refractivity contribution < 1.29 is 4.52 Å². The summed E-state index contributed by atoms with van der Waals surface area (Å²) in [5.41, 5.74) is 0.924. The predicted molar refractivity (Wildman–Crippen MR) is 72.4 cm³/mol. The first kappa shape index (κ1) is 13.7. The highest BCUT2D eigenvalue weighted by atomic mass is 35.5. The summed E-state index contributed by atoms with van der Waals surface area (Å²) in [4.78, 5) is 12.4. The Bertz CT molecular complexity index is 555. The molecule has 0 atom stereocenters. The Morgan fingerprint density at radius 3 is 2.79 bits per heavy atom. The minimum Gasteiger partial charge on any atom is -0.369 e. The standard InChI is InChI=1S/C12H16ClN5O/c1-7(2)10-11(13)15-6-16-12(10)14-5-4-9-17-8(3)19-18-9/h6-7H,4-5H2,1-3H3,(H,14,15,16). The Morgan fingerprint density at radius 1 is 1.37 bits per heavy atom. The second-order valence-electron chi connectivity index (χ2n) is 4.49. The molecule has 0 aliphatic carbocycles. The first-order valence-corrected chi connectivity index (χ1v) is 6.49. The van der Waals surface area contributed by atoms with Crippen LogP contribution in [-0.4, -0.2) is 26.7 Å². The van der Waals surface area contributed by atoms with Gasteiger partial charge in [-0.1, -0.05) is 30.6 Å². The highest BCUT2D eigenvalue weighted by Crippen LogP contribution is 2.27. The van der Waals surface area contributed by atoms with Gasteiger partial charge in [0.05, 0.1) is 0 Å². The molecule has 0 aromatic carbocycles. The number of hydrogen-bond acceptors (Lipinski definition) is 6. The third-order valence-electron chi connectivity index (χ3n) is 2.62. The Morgan fingerprint density at radius 2 is 2.16 bits per heavy atom. The maximum Gasteiger partial charge on any atom is 0.223 e. The van der Waals surface area contributed by atoms with Gasteiger partial charge in [-0.2, -0.15) is 4.98 Å². The van der Waals surface area contributed by atoms with Crippen LogP contribution >= 0.6 is 11.6 Å². The minimum absolute atomic E-state index is 0.253. The van der Waals surface area contributed by atoms with Gasteiger partial charge in [0, 0.05) is 25.5 Å². The van der Waals surface area contributed by atoms with Gasteiger partial charge < -0.3 is 9.84 Å². The molecule has 0 aliphatic heterocycles. The molecule has 0 saturated heterocycles. The number of halogens is 1. The van der Waals surface area contributed by atoms with E-state index in [1.54, 1.807) is 6.92 Å². The predicted octanol–water partition coefficient (Wildman–Crippen LogP) is 2.60. The monoisotopic (exact) mass is 281 g/mol. The molecule has 1 N–H and O–H groups in total. The maximum absolute atomic E-state index is 6.09. The molecular formula is C12H16ClN5O. The Hall–Kier alpha value is -1.69. The highest BCUT2D eigenvalue weighted by molar-refractivity contribution is 6.30. The van der Waals surface area contributed by atoms with Crippen molar-refractivity contribution in [2.75, 3.05) is 11.9 Å². The fourth-order valence-electron chi connectivity index (χ4n) is 1.76. The first-order valence-electron chi connectivity index (χ1n) is 6.11. The summed E-state index contributed by atoms with van der Waals surface area (Å²) in [6, 6.07) is 0. The fraction of sp³-hybridized carbons (Fsp3) is 0.500. The lowest BCUT2D eigenvalue weighted by Gasteiger charge is -2.13. The zero-order valence-electron chi connectivity index (χ0n) is 11.1. The molecule has 0 saturated carbocycles. The molecule has 0 aliphatic rings. The minimum atomic E-state index is 0.253. The molecule has 0 unspecified atom stereocenters. The lowest BCUT2D eigenvalue weighted by molar-refractivity contribution is 0.387. The summed E-state index contributed by atoms with van der Waals surface area (Å²) in [6.07, 6.45) is 2.12. The van der Waals surface area contributed by atoms with Crippen molar-refractivity contribution in [2.24, 2.45) is 0 Å². The van der Waals surface area contributed by atoms with Gasteiger partial charge in [-0.05, 0) is 5.92 Å². The smallest absolute Gasteiger partial charge is 0.223 e. The summed E-state index contributed by atoms with van der Waals surface area (Å²) in [5, 5.41) is 7.56. The largest absolute Gasteiger partial charge is 0.369 e. The lowest BCUT2D eigenvalue weighted by Crippen LogP contribution is -2.11. The molecule has 0 spiro atoms. The van der Waals surface area contributed by atoms with Crippen LogP contribution in [0.4, 0.5) is 5.82 Å². The SMILES string of the molecule is Cc1nc(CCNc2ncnc(Cl)c2C(C)C)no1. The average molecular weight is 282 g/mol. The second-order valence-corrected chi connectivity index (χ2v) is 4.85. The summed E-state index contributed by atoms with van der Waals surface area (Å²) in [7, 11) is 0. The van der Waals surface area contributed by atoms with E-state index in [-0.39, 0.29) is 5.92 Å². The van der Waals surface area contributed by atoms with Gasteiger partial charge in [0.1, 0.15) is 17.3 Å². The molecule has 0 amide bonds. The zero-order valence-corrected chi connectivity index (χ0v) is 11.9. The Balaban J connectivity index is 2.01. The van der Waals surface area contributed by atoms with Crippen LogP contribution in [-0.2, 0) is 6.42 Å². The van der Waals surface area contributed by atoms with Crippen molar-refractivity contribution in [2.45, 2.75) is 33.1 Å². The zero-order chi connectivity index (χ0) is 13.8. The van der Waals surface area contributed by atoms with E-state index >= 15 is 0 Å². The van der Waals surface area contributed by atoms with Crippen LogP contribution in [0, 0.1) is 6.92 Å². The fourth-order valence-corrected chi connectivity index (χ4v) is 2.11. The molecule has 0 radical (unpaired) electrons. The third-order valence-corrected chi connectivity index (χ3v) is 2.92. The number of aryl methyl sites for hydroxylation is 1. The quantitative estimate of drug-likeness (QED) is 0.849. The summed E-state index contributed by atoms with van der Waals surface area (Å²) in [6.45, 7) is 6.54.